The van der Waals surface area contributed by atoms with E-state index >= 15 is 0 Å². The summed E-state index contributed by atoms with van der Waals surface area (Å²) in [5.41, 5.74) is -0.414. The first-order valence-electron chi connectivity index (χ1n) is 3.45. The van der Waals surface area contributed by atoms with Crippen molar-refractivity contribution in [1.29, 1.82) is 0 Å². The predicted molar refractivity (Wildman–Crippen MR) is 47.2 cm³/mol. The summed E-state index contributed by atoms with van der Waals surface area (Å²) in [6.07, 6.45) is 0. The number of nitro groups is 1. The molecule has 1 heterocycles. The van der Waals surface area contributed by atoms with Crippen LogP contribution in [-0.4, -0.2) is 23.0 Å². The topological polar surface area (TPSA) is 82.3 Å². The molecule has 1 rings (SSSR count). The van der Waals surface area contributed by atoms with Crippen LogP contribution in [0.15, 0.2) is 12.1 Å². The third-order valence-electron chi connectivity index (χ3n) is 1.42. The molecule has 0 bridgehead atoms. The molecule has 0 fully saturated rings. The van der Waals surface area contributed by atoms with Gasteiger partial charge >= 0.3 is 11.7 Å². The molecular weight excluding hydrogens is 212 g/mol. The van der Waals surface area contributed by atoms with Crippen LogP contribution in [0, 0.1) is 10.1 Å². The molecule has 1 aromatic rings. The Morgan fingerprint density at radius 2 is 2.29 bits per heavy atom. The summed E-state index contributed by atoms with van der Waals surface area (Å²) in [6.45, 7) is 0. The first-order chi connectivity index (χ1) is 6.56. The summed E-state index contributed by atoms with van der Waals surface area (Å²) in [5.74, 6) is -0.693. The molecule has 0 aromatic carbocycles. The number of ether oxygens (including phenoxy) is 1. The smallest absolute Gasteiger partial charge is 0.356 e. The molecule has 14 heavy (non-hydrogen) atoms. The lowest BCUT2D eigenvalue weighted by atomic mass is 10.3. The molecular formula is C7H5ClN2O4. The van der Waals surface area contributed by atoms with Gasteiger partial charge in [-0.05, 0) is 6.07 Å². The van der Waals surface area contributed by atoms with Gasteiger partial charge in [-0.25, -0.2) is 9.78 Å². The van der Waals surface area contributed by atoms with Crippen LogP contribution in [0.3, 0.4) is 0 Å². The highest BCUT2D eigenvalue weighted by atomic mass is 35.5. The second kappa shape index (κ2) is 4.01. The van der Waals surface area contributed by atoms with Crippen molar-refractivity contribution in [2.24, 2.45) is 0 Å². The van der Waals surface area contributed by atoms with Crippen molar-refractivity contribution < 1.29 is 14.5 Å². The first-order valence-corrected chi connectivity index (χ1v) is 3.83. The van der Waals surface area contributed by atoms with Crippen LogP contribution in [-0.2, 0) is 4.74 Å². The van der Waals surface area contributed by atoms with Crippen molar-refractivity contribution in [3.8, 4) is 0 Å². The molecule has 0 spiro atoms. The molecule has 0 N–H and O–H groups in total. The average Bonchev–Trinajstić information content (AvgIpc) is 2.15. The van der Waals surface area contributed by atoms with Crippen molar-refractivity contribution in [1.82, 2.24) is 4.98 Å². The minimum Gasteiger partial charge on any atom is -0.464 e. The highest BCUT2D eigenvalue weighted by molar-refractivity contribution is 6.31. The Balaban J connectivity index is 3.12. The van der Waals surface area contributed by atoms with E-state index in [1.54, 1.807) is 0 Å². The van der Waals surface area contributed by atoms with Gasteiger partial charge in [0.1, 0.15) is 0 Å². The molecule has 0 aliphatic rings. The van der Waals surface area contributed by atoms with E-state index in [-0.39, 0.29) is 16.5 Å². The maximum absolute atomic E-state index is 10.9. The summed E-state index contributed by atoms with van der Waals surface area (Å²) in [7, 11) is 1.18. The number of hydrogen-bond acceptors (Lipinski definition) is 5. The zero-order valence-electron chi connectivity index (χ0n) is 7.06. The molecule has 0 saturated heterocycles. The van der Waals surface area contributed by atoms with Crippen LogP contribution in [0.1, 0.15) is 10.5 Å². The fraction of sp³-hybridized carbons (Fsp3) is 0.143. The van der Waals surface area contributed by atoms with E-state index in [1.807, 2.05) is 0 Å². The molecule has 0 aliphatic carbocycles. The number of rotatable bonds is 2. The minimum absolute atomic E-state index is 0.0666. The molecule has 0 unspecified atom stereocenters. The molecule has 74 valence electrons. The number of aromatic nitrogens is 1. The van der Waals surface area contributed by atoms with Gasteiger partial charge in [0.05, 0.1) is 12.0 Å². The van der Waals surface area contributed by atoms with Gasteiger partial charge in [-0.3, -0.25) is 10.1 Å². The fourth-order valence-electron chi connectivity index (χ4n) is 0.781. The quantitative estimate of drug-likeness (QED) is 0.323. The summed E-state index contributed by atoms with van der Waals surface area (Å²) in [5, 5.41) is 10.0. The van der Waals surface area contributed by atoms with Crippen LogP contribution in [0.2, 0.25) is 5.15 Å². The maximum Gasteiger partial charge on any atom is 0.356 e. The number of methoxy groups -OCH3 is 1. The van der Waals surface area contributed by atoms with Crippen LogP contribution in [0.25, 0.3) is 0 Å². The minimum atomic E-state index is -0.693. The lowest BCUT2D eigenvalue weighted by Crippen LogP contribution is -2.05. The number of hydrogen-bond donors (Lipinski definition) is 0. The SMILES string of the molecule is COC(=O)c1ccc([N+](=O)[O-])c(Cl)n1. The van der Waals surface area contributed by atoms with Gasteiger partial charge in [0, 0.05) is 6.07 Å². The van der Waals surface area contributed by atoms with Crippen molar-refractivity contribution in [3.05, 3.63) is 33.1 Å². The van der Waals surface area contributed by atoms with Crippen LogP contribution in [0.5, 0.6) is 0 Å². The lowest BCUT2D eigenvalue weighted by molar-refractivity contribution is -0.385. The van der Waals surface area contributed by atoms with Gasteiger partial charge < -0.3 is 4.74 Å². The number of halogens is 1. The zero-order valence-corrected chi connectivity index (χ0v) is 7.82. The van der Waals surface area contributed by atoms with Gasteiger partial charge in [-0.15, -0.1) is 0 Å². The monoisotopic (exact) mass is 216 g/mol. The lowest BCUT2D eigenvalue weighted by Gasteiger charge is -1.98. The summed E-state index contributed by atoms with van der Waals surface area (Å²) in [4.78, 5) is 24.1. The molecule has 0 saturated carbocycles. The maximum atomic E-state index is 10.9. The second-order valence-electron chi connectivity index (χ2n) is 2.26. The third-order valence-corrected chi connectivity index (χ3v) is 1.70. The molecule has 0 aliphatic heterocycles. The Hall–Kier alpha value is -1.69. The molecule has 0 radical (unpaired) electrons. The summed E-state index contributed by atoms with van der Waals surface area (Å²) >= 11 is 5.46. The summed E-state index contributed by atoms with van der Waals surface area (Å²) < 4.78 is 4.36. The van der Waals surface area contributed by atoms with Gasteiger partial charge in [0.15, 0.2) is 5.69 Å². The summed E-state index contributed by atoms with van der Waals surface area (Å²) in [6, 6.07) is 2.28. The first kappa shape index (κ1) is 10.4. The van der Waals surface area contributed by atoms with E-state index in [4.69, 9.17) is 11.6 Å². The fourth-order valence-corrected chi connectivity index (χ4v) is 1.00. The van der Waals surface area contributed by atoms with Crippen LogP contribution < -0.4 is 0 Å². The number of nitrogens with zero attached hydrogens (tertiary/aromatic N) is 2. The van der Waals surface area contributed by atoms with E-state index in [0.29, 0.717) is 0 Å². The van der Waals surface area contributed by atoms with Gasteiger partial charge in [-0.1, -0.05) is 11.6 Å². The Kier molecular flexibility index (Phi) is 2.98. The van der Waals surface area contributed by atoms with Crippen molar-refractivity contribution in [3.63, 3.8) is 0 Å². The Morgan fingerprint density at radius 3 is 2.71 bits per heavy atom. The zero-order chi connectivity index (χ0) is 10.7. The average molecular weight is 217 g/mol. The van der Waals surface area contributed by atoms with Crippen molar-refractivity contribution in [2.75, 3.05) is 7.11 Å². The third kappa shape index (κ3) is 1.97. The van der Waals surface area contributed by atoms with Gasteiger partial charge in [0.25, 0.3) is 0 Å². The predicted octanol–water partition coefficient (Wildman–Crippen LogP) is 1.43. The van der Waals surface area contributed by atoms with E-state index in [2.05, 4.69) is 9.72 Å². The number of carbonyl (C=O) groups is 1. The Labute approximate surface area is 83.6 Å². The molecule has 7 heteroatoms. The molecule has 0 atom stereocenters. The molecule has 0 amide bonds. The second-order valence-corrected chi connectivity index (χ2v) is 2.61. The van der Waals surface area contributed by atoms with E-state index in [9.17, 15) is 14.9 Å². The van der Waals surface area contributed by atoms with Crippen molar-refractivity contribution in [2.45, 2.75) is 0 Å². The van der Waals surface area contributed by atoms with Crippen LogP contribution in [0.4, 0.5) is 5.69 Å². The van der Waals surface area contributed by atoms with E-state index in [1.165, 1.54) is 13.2 Å². The van der Waals surface area contributed by atoms with Crippen molar-refractivity contribution >= 4 is 23.3 Å². The number of esters is 1. The largest absolute Gasteiger partial charge is 0.464 e. The normalized spacial score (nSPS) is 9.57. The Bertz CT molecular complexity index is 393. The number of carbonyl (C=O) groups excluding carboxylic acids is 1. The molecule has 1 aromatic heterocycles. The van der Waals surface area contributed by atoms with Crippen LogP contribution >= 0.6 is 11.6 Å². The number of pyridine rings is 1. The highest BCUT2D eigenvalue weighted by Gasteiger charge is 2.16. The van der Waals surface area contributed by atoms with E-state index in [0.717, 1.165) is 6.07 Å². The van der Waals surface area contributed by atoms with Gasteiger partial charge in [0.2, 0.25) is 5.15 Å². The highest BCUT2D eigenvalue weighted by Crippen LogP contribution is 2.21. The van der Waals surface area contributed by atoms with Gasteiger partial charge in [-0.2, -0.15) is 0 Å². The van der Waals surface area contributed by atoms with E-state index < -0.39 is 10.9 Å². The standard InChI is InChI=1S/C7H5ClN2O4/c1-14-7(11)4-2-3-5(10(12)13)6(8)9-4/h2-3H,1H3. The molecule has 6 nitrogen and oxygen atoms in total. The Morgan fingerprint density at radius 1 is 1.64 bits per heavy atom.